The van der Waals surface area contributed by atoms with Crippen molar-refractivity contribution in [3.8, 4) is 0 Å². The Balaban J connectivity index is 2.24. The van der Waals surface area contributed by atoms with Crippen LogP contribution in [-0.2, 0) is 16.6 Å². The summed E-state index contributed by atoms with van der Waals surface area (Å²) in [6.07, 6.45) is 1.55. The van der Waals surface area contributed by atoms with Gasteiger partial charge in [0, 0.05) is 24.8 Å². The van der Waals surface area contributed by atoms with Gasteiger partial charge in [0.15, 0.2) is 0 Å². The molecule has 0 aliphatic carbocycles. The largest absolute Gasteiger partial charge is 0.469 e. The third-order valence-electron chi connectivity index (χ3n) is 2.95. The topological polar surface area (TPSA) is 76.5 Å². The number of rotatable bonds is 4. The highest BCUT2D eigenvalue weighted by Gasteiger charge is 2.21. The summed E-state index contributed by atoms with van der Waals surface area (Å²) in [7, 11) is -1.97. The number of hydrogen-bond donors (Lipinski definition) is 1. The number of anilines is 1. The van der Waals surface area contributed by atoms with Gasteiger partial charge in [-0.15, -0.1) is 0 Å². The minimum atomic E-state index is -3.51. The molecule has 0 amide bonds. The number of nitrogen functional groups attached to an aromatic ring is 1. The molecule has 0 bridgehead atoms. The molecule has 0 unspecified atom stereocenters. The number of sulfonamides is 1. The number of hydrogen-bond acceptors (Lipinski definition) is 4. The first-order valence-corrected chi connectivity index (χ1v) is 7.20. The van der Waals surface area contributed by atoms with Crippen molar-refractivity contribution in [2.45, 2.75) is 18.4 Å². The minimum Gasteiger partial charge on any atom is -0.469 e. The molecule has 0 fully saturated rings. The van der Waals surface area contributed by atoms with Gasteiger partial charge in [-0.1, -0.05) is 0 Å². The fraction of sp³-hybridized carbons (Fsp3) is 0.231. The standard InChI is InChI=1S/C13H16N2O3S/c1-10-11(7-8-18-10)9-15(2)19(16,17)13-5-3-12(14)4-6-13/h3-8H,9,14H2,1-2H3. The lowest BCUT2D eigenvalue weighted by Gasteiger charge is -2.16. The van der Waals surface area contributed by atoms with Gasteiger partial charge < -0.3 is 10.2 Å². The summed E-state index contributed by atoms with van der Waals surface area (Å²) in [5.74, 6) is 0.722. The number of aryl methyl sites for hydroxylation is 1. The van der Waals surface area contributed by atoms with Crippen molar-refractivity contribution in [2.75, 3.05) is 12.8 Å². The number of nitrogens with two attached hydrogens (primary N) is 1. The Morgan fingerprint density at radius 1 is 1.21 bits per heavy atom. The zero-order chi connectivity index (χ0) is 14.0. The molecule has 0 saturated carbocycles. The fourth-order valence-corrected chi connectivity index (χ4v) is 2.87. The van der Waals surface area contributed by atoms with Crippen LogP contribution in [0.5, 0.6) is 0 Å². The molecule has 0 radical (unpaired) electrons. The first-order valence-electron chi connectivity index (χ1n) is 5.76. The van der Waals surface area contributed by atoms with E-state index in [0.717, 1.165) is 11.3 Å². The smallest absolute Gasteiger partial charge is 0.243 e. The van der Waals surface area contributed by atoms with Crippen molar-refractivity contribution < 1.29 is 12.8 Å². The van der Waals surface area contributed by atoms with Gasteiger partial charge in [0.25, 0.3) is 0 Å². The maximum absolute atomic E-state index is 12.3. The average molecular weight is 280 g/mol. The average Bonchev–Trinajstić information content (AvgIpc) is 2.75. The quantitative estimate of drug-likeness (QED) is 0.869. The van der Waals surface area contributed by atoms with Gasteiger partial charge >= 0.3 is 0 Å². The van der Waals surface area contributed by atoms with E-state index in [9.17, 15) is 8.42 Å². The monoisotopic (exact) mass is 280 g/mol. The van der Waals surface area contributed by atoms with Crippen molar-refractivity contribution in [3.05, 3.63) is 47.9 Å². The minimum absolute atomic E-state index is 0.227. The summed E-state index contributed by atoms with van der Waals surface area (Å²) in [5.41, 5.74) is 6.94. The molecule has 5 nitrogen and oxygen atoms in total. The molecule has 19 heavy (non-hydrogen) atoms. The van der Waals surface area contributed by atoms with E-state index < -0.39 is 10.0 Å². The zero-order valence-corrected chi connectivity index (χ0v) is 11.6. The van der Waals surface area contributed by atoms with E-state index in [4.69, 9.17) is 10.2 Å². The van der Waals surface area contributed by atoms with Crippen LogP contribution in [0.1, 0.15) is 11.3 Å². The van der Waals surface area contributed by atoms with Crippen LogP contribution >= 0.6 is 0 Å². The summed E-state index contributed by atoms with van der Waals surface area (Å²) in [4.78, 5) is 0.227. The van der Waals surface area contributed by atoms with Crippen LogP contribution in [0.2, 0.25) is 0 Å². The molecule has 0 atom stereocenters. The summed E-state index contributed by atoms with van der Waals surface area (Å²) in [5, 5.41) is 0. The first kappa shape index (κ1) is 13.6. The molecular weight excluding hydrogens is 264 g/mol. The van der Waals surface area contributed by atoms with E-state index in [1.807, 2.05) is 0 Å². The normalized spacial score (nSPS) is 11.9. The van der Waals surface area contributed by atoms with E-state index in [2.05, 4.69) is 0 Å². The summed E-state index contributed by atoms with van der Waals surface area (Å²) < 4.78 is 31.1. The van der Waals surface area contributed by atoms with E-state index in [1.165, 1.54) is 23.5 Å². The van der Waals surface area contributed by atoms with Crippen molar-refractivity contribution in [1.29, 1.82) is 0 Å². The lowest BCUT2D eigenvalue weighted by atomic mass is 10.3. The molecule has 102 valence electrons. The van der Waals surface area contributed by atoms with E-state index in [-0.39, 0.29) is 11.4 Å². The van der Waals surface area contributed by atoms with E-state index in [1.54, 1.807) is 31.4 Å². The van der Waals surface area contributed by atoms with Crippen LogP contribution < -0.4 is 5.73 Å². The molecule has 0 aliphatic heterocycles. The SMILES string of the molecule is Cc1occc1CN(C)S(=O)(=O)c1ccc(N)cc1. The van der Waals surface area contributed by atoms with Gasteiger partial charge in [-0.3, -0.25) is 0 Å². The lowest BCUT2D eigenvalue weighted by molar-refractivity contribution is 0.459. The molecule has 2 aromatic rings. The maximum atomic E-state index is 12.3. The lowest BCUT2D eigenvalue weighted by Crippen LogP contribution is -2.26. The summed E-state index contributed by atoms with van der Waals surface area (Å²) in [6.45, 7) is 2.08. The van der Waals surface area contributed by atoms with Crippen LogP contribution in [0, 0.1) is 6.92 Å². The molecular formula is C13H16N2O3S. The Kier molecular flexibility index (Phi) is 3.64. The second kappa shape index (κ2) is 5.07. The van der Waals surface area contributed by atoms with Crippen LogP contribution in [0.15, 0.2) is 45.9 Å². The third-order valence-corrected chi connectivity index (χ3v) is 4.77. The molecule has 1 aromatic carbocycles. The van der Waals surface area contributed by atoms with E-state index >= 15 is 0 Å². The first-order chi connectivity index (χ1) is 8.91. The Morgan fingerprint density at radius 2 is 1.84 bits per heavy atom. The van der Waals surface area contributed by atoms with Gasteiger partial charge in [0.2, 0.25) is 10.0 Å². The second-order valence-electron chi connectivity index (χ2n) is 4.33. The molecule has 1 aromatic heterocycles. The van der Waals surface area contributed by atoms with Crippen LogP contribution in [0.3, 0.4) is 0 Å². The van der Waals surface area contributed by atoms with Crippen LogP contribution in [0.4, 0.5) is 5.69 Å². The van der Waals surface area contributed by atoms with Gasteiger partial charge in [0.1, 0.15) is 5.76 Å². The van der Waals surface area contributed by atoms with Gasteiger partial charge in [-0.25, -0.2) is 8.42 Å². The van der Waals surface area contributed by atoms with Crippen LogP contribution in [0.25, 0.3) is 0 Å². The van der Waals surface area contributed by atoms with Gasteiger partial charge in [0.05, 0.1) is 11.2 Å². The fourth-order valence-electron chi connectivity index (χ4n) is 1.72. The number of nitrogens with zero attached hydrogens (tertiary/aromatic N) is 1. The maximum Gasteiger partial charge on any atom is 0.243 e. The molecule has 0 saturated heterocycles. The van der Waals surface area contributed by atoms with Crippen molar-refractivity contribution in [2.24, 2.45) is 0 Å². The Labute approximate surface area is 112 Å². The van der Waals surface area contributed by atoms with Crippen molar-refractivity contribution in [3.63, 3.8) is 0 Å². The Bertz CT molecular complexity index is 659. The zero-order valence-electron chi connectivity index (χ0n) is 10.8. The highest BCUT2D eigenvalue weighted by atomic mass is 32.2. The number of furan rings is 1. The Morgan fingerprint density at radius 3 is 2.37 bits per heavy atom. The molecule has 0 spiro atoms. The predicted octanol–water partition coefficient (Wildman–Crippen LogP) is 1.99. The third kappa shape index (κ3) is 2.80. The molecule has 2 rings (SSSR count). The summed E-state index contributed by atoms with van der Waals surface area (Å²) >= 11 is 0. The van der Waals surface area contributed by atoms with Crippen molar-refractivity contribution in [1.82, 2.24) is 4.31 Å². The molecule has 6 heteroatoms. The van der Waals surface area contributed by atoms with E-state index in [0.29, 0.717) is 5.69 Å². The molecule has 1 heterocycles. The van der Waals surface area contributed by atoms with Gasteiger partial charge in [-0.05, 0) is 37.3 Å². The molecule has 0 aliphatic rings. The second-order valence-corrected chi connectivity index (χ2v) is 6.38. The Hall–Kier alpha value is -1.79. The van der Waals surface area contributed by atoms with Crippen molar-refractivity contribution >= 4 is 15.7 Å². The predicted molar refractivity (Wildman–Crippen MR) is 73.0 cm³/mol. The van der Waals surface area contributed by atoms with Crippen LogP contribution in [-0.4, -0.2) is 19.8 Å². The number of benzene rings is 1. The molecule has 2 N–H and O–H groups in total. The highest BCUT2D eigenvalue weighted by molar-refractivity contribution is 7.89. The van der Waals surface area contributed by atoms with Gasteiger partial charge in [-0.2, -0.15) is 4.31 Å². The summed E-state index contributed by atoms with van der Waals surface area (Å²) in [6, 6.07) is 7.92. The highest BCUT2D eigenvalue weighted by Crippen LogP contribution is 2.19.